The summed E-state index contributed by atoms with van der Waals surface area (Å²) in [7, 11) is 1.82. The molecular formula is C19H16F2N4O2S. The van der Waals surface area contributed by atoms with Gasteiger partial charge in [0.1, 0.15) is 0 Å². The molecule has 2 N–H and O–H groups in total. The lowest BCUT2D eigenvalue weighted by Gasteiger charge is -2.02. The lowest BCUT2D eigenvalue weighted by Crippen LogP contribution is -2.00. The number of Topliss-reactive ketones (excluding diaryl/α,β-unsaturated/α-hetero) is 1. The fourth-order valence-corrected chi connectivity index (χ4v) is 3.81. The molecule has 0 saturated carbocycles. The number of halogens is 2. The molecule has 0 spiro atoms. The Bertz CT molecular complexity index is 1160. The summed E-state index contributed by atoms with van der Waals surface area (Å²) in [5.74, 6) is -1.41. The first kappa shape index (κ1) is 18.5. The van der Waals surface area contributed by atoms with Crippen molar-refractivity contribution in [1.29, 1.82) is 0 Å². The molecule has 0 atom stereocenters. The average Bonchev–Trinajstić information content (AvgIpc) is 3.20. The Morgan fingerprint density at radius 2 is 1.96 bits per heavy atom. The molecule has 9 heteroatoms. The number of aliphatic hydroxyl groups excluding tert-OH is 1. The molecule has 0 aliphatic carbocycles. The van der Waals surface area contributed by atoms with Gasteiger partial charge < -0.3 is 15.0 Å². The fraction of sp³-hybridized carbons (Fsp3) is 0.211. The Labute approximate surface area is 162 Å². The van der Waals surface area contributed by atoms with E-state index < -0.39 is 11.6 Å². The highest BCUT2D eigenvalue weighted by Crippen LogP contribution is 2.30. The molecule has 4 rings (SSSR count). The van der Waals surface area contributed by atoms with Gasteiger partial charge in [-0.15, -0.1) is 0 Å². The van der Waals surface area contributed by atoms with Crippen LogP contribution in [0.15, 0.2) is 30.3 Å². The first-order valence-electron chi connectivity index (χ1n) is 8.59. The number of carbonyl (C=O) groups is 1. The number of imidazole rings is 1. The smallest absolute Gasteiger partial charge is 0.209 e. The number of nitrogens with zero attached hydrogens (tertiary/aromatic N) is 3. The summed E-state index contributed by atoms with van der Waals surface area (Å²) in [6.07, 6.45) is 0.698. The van der Waals surface area contributed by atoms with E-state index >= 15 is 0 Å². The molecule has 0 unspecified atom stereocenters. The Morgan fingerprint density at radius 1 is 1.18 bits per heavy atom. The molecule has 0 aliphatic rings. The maximum Gasteiger partial charge on any atom is 0.209 e. The zero-order valence-corrected chi connectivity index (χ0v) is 15.7. The van der Waals surface area contributed by atoms with Crippen LogP contribution in [0.2, 0.25) is 0 Å². The third kappa shape index (κ3) is 3.34. The molecule has 2 aromatic heterocycles. The first-order chi connectivity index (χ1) is 13.5. The number of fused-ring (bicyclic) bond motifs is 2. The second-order valence-corrected chi connectivity index (χ2v) is 7.36. The molecule has 2 aromatic carbocycles. The van der Waals surface area contributed by atoms with Crippen molar-refractivity contribution in [2.24, 2.45) is 7.05 Å². The van der Waals surface area contributed by atoms with Gasteiger partial charge in [0.25, 0.3) is 0 Å². The summed E-state index contributed by atoms with van der Waals surface area (Å²) < 4.78 is 29.1. The molecule has 0 bridgehead atoms. The number of aryl methyl sites for hydroxylation is 1. The maximum absolute atomic E-state index is 13.4. The van der Waals surface area contributed by atoms with Crippen molar-refractivity contribution < 1.29 is 18.7 Å². The third-order valence-electron chi connectivity index (χ3n) is 4.41. The monoisotopic (exact) mass is 402 g/mol. The van der Waals surface area contributed by atoms with Crippen LogP contribution in [0.3, 0.4) is 0 Å². The number of anilines is 2. The van der Waals surface area contributed by atoms with Gasteiger partial charge >= 0.3 is 0 Å². The summed E-state index contributed by atoms with van der Waals surface area (Å²) in [6, 6.07) is 7.43. The molecule has 0 saturated heterocycles. The van der Waals surface area contributed by atoms with E-state index in [0.29, 0.717) is 38.8 Å². The van der Waals surface area contributed by atoms with Crippen LogP contribution in [0, 0.1) is 11.6 Å². The molecule has 144 valence electrons. The third-order valence-corrected chi connectivity index (χ3v) is 5.35. The summed E-state index contributed by atoms with van der Waals surface area (Å²) in [6.45, 7) is -0.0262. The van der Waals surface area contributed by atoms with E-state index in [2.05, 4.69) is 15.3 Å². The second-order valence-electron chi connectivity index (χ2n) is 6.33. The maximum atomic E-state index is 13.4. The molecule has 0 amide bonds. The summed E-state index contributed by atoms with van der Waals surface area (Å²) >= 11 is 1.19. The lowest BCUT2D eigenvalue weighted by atomic mass is 10.1. The minimum Gasteiger partial charge on any atom is -0.396 e. The normalized spacial score (nSPS) is 11.4. The zero-order chi connectivity index (χ0) is 19.8. The summed E-state index contributed by atoms with van der Waals surface area (Å²) in [5.41, 5.74) is 2.36. The van der Waals surface area contributed by atoms with Crippen LogP contribution in [-0.4, -0.2) is 32.0 Å². The molecular weight excluding hydrogens is 386 g/mol. The summed E-state index contributed by atoms with van der Waals surface area (Å²) in [4.78, 5) is 20.9. The van der Waals surface area contributed by atoms with Crippen LogP contribution in [0.1, 0.15) is 23.2 Å². The predicted octanol–water partition coefficient (Wildman–Crippen LogP) is 4.16. The average molecular weight is 402 g/mol. The van der Waals surface area contributed by atoms with Crippen molar-refractivity contribution in [1.82, 2.24) is 14.5 Å². The van der Waals surface area contributed by atoms with E-state index in [1.807, 2.05) is 17.7 Å². The molecule has 28 heavy (non-hydrogen) atoms. The van der Waals surface area contributed by atoms with Crippen LogP contribution in [-0.2, 0) is 7.05 Å². The standard InChI is InChI=1S/C19H16F2N4O2S/c1-25-15-5-4-10(16(27)3-2-6-26)7-13(15)22-18(25)24-19-23-14-8-11(20)12(21)9-17(14)28-19/h4-5,7-9,26H,2-3,6H2,1H3,(H,22,23,24). The second kappa shape index (κ2) is 7.25. The van der Waals surface area contributed by atoms with E-state index in [1.165, 1.54) is 11.3 Å². The minimum atomic E-state index is -0.939. The van der Waals surface area contributed by atoms with Crippen molar-refractivity contribution in [2.45, 2.75) is 12.8 Å². The van der Waals surface area contributed by atoms with Crippen LogP contribution in [0.5, 0.6) is 0 Å². The van der Waals surface area contributed by atoms with E-state index in [4.69, 9.17) is 5.11 Å². The summed E-state index contributed by atoms with van der Waals surface area (Å²) in [5, 5.41) is 12.4. The molecule has 0 fully saturated rings. The van der Waals surface area contributed by atoms with Gasteiger partial charge in [-0.2, -0.15) is 0 Å². The van der Waals surface area contributed by atoms with Gasteiger partial charge in [-0.3, -0.25) is 4.79 Å². The van der Waals surface area contributed by atoms with Crippen LogP contribution in [0.4, 0.5) is 19.9 Å². The van der Waals surface area contributed by atoms with Crippen LogP contribution < -0.4 is 5.32 Å². The van der Waals surface area contributed by atoms with Crippen LogP contribution >= 0.6 is 11.3 Å². The number of rotatable bonds is 6. The van der Waals surface area contributed by atoms with Gasteiger partial charge in [0.05, 0.1) is 21.3 Å². The Hall–Kier alpha value is -2.91. The first-order valence-corrected chi connectivity index (χ1v) is 9.41. The number of ketones is 1. The SMILES string of the molecule is Cn1c(Nc2nc3cc(F)c(F)cc3s2)nc2cc(C(=O)CCCO)ccc21. The quantitative estimate of drug-likeness (QED) is 0.474. The molecule has 0 radical (unpaired) electrons. The van der Waals surface area contributed by atoms with Crippen molar-refractivity contribution in [2.75, 3.05) is 11.9 Å². The van der Waals surface area contributed by atoms with Gasteiger partial charge in [-0.1, -0.05) is 11.3 Å². The van der Waals surface area contributed by atoms with E-state index in [-0.39, 0.29) is 18.8 Å². The van der Waals surface area contributed by atoms with Crippen molar-refractivity contribution in [3.8, 4) is 0 Å². The number of aromatic nitrogens is 3. The molecule has 6 nitrogen and oxygen atoms in total. The van der Waals surface area contributed by atoms with Gasteiger partial charge in [0.2, 0.25) is 5.95 Å². The number of nitrogens with one attached hydrogen (secondary N) is 1. The Morgan fingerprint density at radius 3 is 2.75 bits per heavy atom. The number of carbonyl (C=O) groups excluding carboxylic acids is 1. The number of aliphatic hydroxyl groups is 1. The van der Waals surface area contributed by atoms with Gasteiger partial charge in [0, 0.05) is 31.7 Å². The van der Waals surface area contributed by atoms with Gasteiger partial charge in [-0.05, 0) is 30.7 Å². The van der Waals surface area contributed by atoms with Crippen LogP contribution in [0.25, 0.3) is 21.3 Å². The highest BCUT2D eigenvalue weighted by molar-refractivity contribution is 7.22. The number of benzene rings is 2. The molecule has 2 heterocycles. The van der Waals surface area contributed by atoms with Crippen molar-refractivity contribution >= 4 is 49.4 Å². The van der Waals surface area contributed by atoms with E-state index in [9.17, 15) is 13.6 Å². The zero-order valence-electron chi connectivity index (χ0n) is 14.9. The topological polar surface area (TPSA) is 80.0 Å². The predicted molar refractivity (Wildman–Crippen MR) is 104 cm³/mol. The highest BCUT2D eigenvalue weighted by atomic mass is 32.1. The van der Waals surface area contributed by atoms with E-state index in [1.54, 1.807) is 12.1 Å². The Balaban J connectivity index is 1.65. The molecule has 4 aromatic rings. The Kier molecular flexibility index (Phi) is 4.78. The van der Waals surface area contributed by atoms with E-state index in [0.717, 1.165) is 17.6 Å². The van der Waals surface area contributed by atoms with Crippen molar-refractivity contribution in [3.63, 3.8) is 0 Å². The number of hydrogen-bond donors (Lipinski definition) is 2. The molecule has 0 aliphatic heterocycles. The van der Waals surface area contributed by atoms with Crippen molar-refractivity contribution in [3.05, 3.63) is 47.5 Å². The lowest BCUT2D eigenvalue weighted by molar-refractivity contribution is 0.0971. The highest BCUT2D eigenvalue weighted by Gasteiger charge is 2.14. The number of hydrogen-bond acceptors (Lipinski definition) is 6. The minimum absolute atomic E-state index is 0.0262. The largest absolute Gasteiger partial charge is 0.396 e. The van der Waals surface area contributed by atoms with Gasteiger partial charge in [0.15, 0.2) is 22.5 Å². The fourth-order valence-electron chi connectivity index (χ4n) is 2.94. The van der Waals surface area contributed by atoms with Gasteiger partial charge in [-0.25, -0.2) is 18.7 Å². The number of thiazole rings is 1.